The molecule has 0 fully saturated rings. The normalized spacial score (nSPS) is 12.2. The molecule has 0 spiro atoms. The molecule has 0 saturated carbocycles. The Bertz CT molecular complexity index is 724. The summed E-state index contributed by atoms with van der Waals surface area (Å²) in [7, 11) is 1.77. The van der Waals surface area contributed by atoms with Crippen LogP contribution in [0.1, 0.15) is 24.1 Å². The average Bonchev–Trinajstić information content (AvgIpc) is 2.49. The van der Waals surface area contributed by atoms with E-state index in [0.717, 1.165) is 5.56 Å². The van der Waals surface area contributed by atoms with Gasteiger partial charge in [0.15, 0.2) is 0 Å². The van der Waals surface area contributed by atoms with Crippen LogP contribution in [0.4, 0.5) is 4.39 Å². The summed E-state index contributed by atoms with van der Waals surface area (Å²) in [5.74, 6) is -0.432. The van der Waals surface area contributed by atoms with Crippen molar-refractivity contribution in [1.82, 2.24) is 10.2 Å². The van der Waals surface area contributed by atoms with E-state index >= 15 is 0 Å². The highest BCUT2D eigenvalue weighted by atomic mass is 35.5. The van der Waals surface area contributed by atoms with Crippen molar-refractivity contribution in [3.8, 4) is 0 Å². The third-order valence-electron chi connectivity index (χ3n) is 3.62. The fraction of sp³-hybridized carbons (Fsp3) is 0.278. The lowest BCUT2D eigenvalue weighted by Crippen LogP contribution is -2.36. The molecule has 0 aromatic heterocycles. The van der Waals surface area contributed by atoms with Crippen LogP contribution >= 0.6 is 23.2 Å². The minimum atomic E-state index is -0.272. The smallest absolute Gasteiger partial charge is 0.234 e. The first-order valence-corrected chi connectivity index (χ1v) is 8.28. The first-order valence-electron chi connectivity index (χ1n) is 7.53. The zero-order valence-corrected chi connectivity index (χ0v) is 15.0. The molecule has 6 heteroatoms. The molecule has 24 heavy (non-hydrogen) atoms. The number of rotatable bonds is 6. The lowest BCUT2D eigenvalue weighted by Gasteiger charge is -2.20. The van der Waals surface area contributed by atoms with E-state index in [1.807, 2.05) is 6.92 Å². The largest absolute Gasteiger partial charge is 0.348 e. The summed E-state index contributed by atoms with van der Waals surface area (Å²) in [6.45, 7) is 2.37. The van der Waals surface area contributed by atoms with Gasteiger partial charge in [0.2, 0.25) is 5.91 Å². The van der Waals surface area contributed by atoms with E-state index in [1.165, 1.54) is 6.07 Å². The van der Waals surface area contributed by atoms with Gasteiger partial charge < -0.3 is 5.32 Å². The lowest BCUT2D eigenvalue weighted by atomic mass is 10.1. The van der Waals surface area contributed by atoms with E-state index in [0.29, 0.717) is 22.2 Å². The van der Waals surface area contributed by atoms with Crippen molar-refractivity contribution in [2.75, 3.05) is 13.6 Å². The summed E-state index contributed by atoms with van der Waals surface area (Å²) in [6, 6.07) is 11.5. The van der Waals surface area contributed by atoms with Gasteiger partial charge in [-0.3, -0.25) is 9.69 Å². The van der Waals surface area contributed by atoms with Gasteiger partial charge in [0.25, 0.3) is 0 Å². The number of carbonyl (C=O) groups is 1. The Kier molecular flexibility index (Phi) is 6.60. The summed E-state index contributed by atoms with van der Waals surface area (Å²) in [5, 5.41) is 3.94. The van der Waals surface area contributed by atoms with Gasteiger partial charge in [-0.2, -0.15) is 0 Å². The van der Waals surface area contributed by atoms with Crippen LogP contribution in [0.15, 0.2) is 42.5 Å². The highest BCUT2D eigenvalue weighted by molar-refractivity contribution is 6.35. The molecule has 0 bridgehead atoms. The molecule has 2 rings (SSSR count). The van der Waals surface area contributed by atoms with Gasteiger partial charge in [0, 0.05) is 22.2 Å². The van der Waals surface area contributed by atoms with Crippen LogP contribution in [0.5, 0.6) is 0 Å². The van der Waals surface area contributed by atoms with Crippen molar-refractivity contribution >= 4 is 29.1 Å². The SMILES string of the molecule is C[C@H](NC(=O)CN(C)Cc1ccccc1F)c1ccc(Cl)cc1Cl. The van der Waals surface area contributed by atoms with Crippen LogP contribution in [0.2, 0.25) is 10.0 Å². The number of hydrogen-bond acceptors (Lipinski definition) is 2. The van der Waals surface area contributed by atoms with Gasteiger partial charge >= 0.3 is 0 Å². The molecule has 0 aliphatic carbocycles. The number of likely N-dealkylation sites (N-methyl/N-ethyl adjacent to an activating group) is 1. The monoisotopic (exact) mass is 368 g/mol. The number of halogens is 3. The molecule has 2 aromatic carbocycles. The van der Waals surface area contributed by atoms with E-state index in [4.69, 9.17) is 23.2 Å². The Balaban J connectivity index is 1.91. The summed E-state index contributed by atoms with van der Waals surface area (Å²) in [4.78, 5) is 13.9. The minimum Gasteiger partial charge on any atom is -0.348 e. The van der Waals surface area contributed by atoms with Crippen LogP contribution < -0.4 is 5.32 Å². The Morgan fingerprint density at radius 3 is 2.62 bits per heavy atom. The first-order chi connectivity index (χ1) is 11.4. The van der Waals surface area contributed by atoms with Crippen LogP contribution in [-0.2, 0) is 11.3 Å². The second-order valence-corrected chi connectivity index (χ2v) is 6.56. The van der Waals surface area contributed by atoms with E-state index in [2.05, 4.69) is 5.32 Å². The lowest BCUT2D eigenvalue weighted by molar-refractivity contribution is -0.122. The van der Waals surface area contributed by atoms with Crippen LogP contribution in [0.25, 0.3) is 0 Å². The topological polar surface area (TPSA) is 32.3 Å². The van der Waals surface area contributed by atoms with Gasteiger partial charge in [-0.25, -0.2) is 4.39 Å². The predicted octanol–water partition coefficient (Wildman–Crippen LogP) is 4.44. The number of carbonyl (C=O) groups excluding carboxylic acids is 1. The molecule has 1 amide bonds. The fourth-order valence-corrected chi connectivity index (χ4v) is 3.01. The summed E-state index contributed by atoms with van der Waals surface area (Å²) in [6.07, 6.45) is 0. The fourth-order valence-electron chi connectivity index (χ4n) is 2.44. The minimum absolute atomic E-state index is 0.157. The highest BCUT2D eigenvalue weighted by Crippen LogP contribution is 2.26. The zero-order valence-electron chi connectivity index (χ0n) is 13.5. The molecule has 128 valence electrons. The molecule has 0 aliphatic rings. The van der Waals surface area contributed by atoms with Crippen molar-refractivity contribution < 1.29 is 9.18 Å². The maximum Gasteiger partial charge on any atom is 0.234 e. The van der Waals surface area contributed by atoms with Crippen molar-refractivity contribution in [2.45, 2.75) is 19.5 Å². The molecule has 1 N–H and O–H groups in total. The molecular formula is C18H19Cl2FN2O. The molecule has 1 atom stereocenters. The van der Waals surface area contributed by atoms with Crippen molar-refractivity contribution in [2.24, 2.45) is 0 Å². The average molecular weight is 369 g/mol. The number of hydrogen-bond donors (Lipinski definition) is 1. The van der Waals surface area contributed by atoms with Gasteiger partial charge in [0.05, 0.1) is 12.6 Å². The number of nitrogens with zero attached hydrogens (tertiary/aromatic N) is 1. The maximum atomic E-state index is 13.6. The van der Waals surface area contributed by atoms with Crippen LogP contribution in [0.3, 0.4) is 0 Å². The third-order valence-corrected chi connectivity index (χ3v) is 4.18. The first kappa shape index (κ1) is 18.7. The Morgan fingerprint density at radius 2 is 1.96 bits per heavy atom. The van der Waals surface area contributed by atoms with Gasteiger partial charge in [-0.15, -0.1) is 0 Å². The van der Waals surface area contributed by atoms with Crippen LogP contribution in [-0.4, -0.2) is 24.4 Å². The number of amides is 1. The van der Waals surface area contributed by atoms with E-state index in [-0.39, 0.29) is 24.3 Å². The Labute approximate surface area is 151 Å². The molecule has 2 aromatic rings. The molecule has 0 saturated heterocycles. The quantitative estimate of drug-likeness (QED) is 0.817. The molecule has 0 aliphatic heterocycles. The second kappa shape index (κ2) is 8.47. The molecule has 0 unspecified atom stereocenters. The van der Waals surface area contributed by atoms with Gasteiger partial charge in [-0.05, 0) is 37.7 Å². The highest BCUT2D eigenvalue weighted by Gasteiger charge is 2.15. The number of benzene rings is 2. The standard InChI is InChI=1S/C18H19Cl2FN2O/c1-12(15-8-7-14(19)9-16(15)20)22-18(24)11-23(2)10-13-5-3-4-6-17(13)21/h3-9,12H,10-11H2,1-2H3,(H,22,24)/t12-/m0/s1. The van der Waals surface area contributed by atoms with E-state index < -0.39 is 0 Å². The molecule has 3 nitrogen and oxygen atoms in total. The maximum absolute atomic E-state index is 13.6. The van der Waals surface area contributed by atoms with Crippen molar-refractivity contribution in [1.29, 1.82) is 0 Å². The summed E-state index contributed by atoms with van der Waals surface area (Å²) >= 11 is 12.0. The Hall–Kier alpha value is -1.62. The van der Waals surface area contributed by atoms with E-state index in [9.17, 15) is 9.18 Å². The van der Waals surface area contributed by atoms with Gasteiger partial charge in [-0.1, -0.05) is 47.5 Å². The predicted molar refractivity (Wildman–Crippen MR) is 95.8 cm³/mol. The molecular weight excluding hydrogens is 350 g/mol. The van der Waals surface area contributed by atoms with E-state index in [1.54, 1.807) is 48.3 Å². The third kappa shape index (κ3) is 5.20. The second-order valence-electron chi connectivity index (χ2n) is 5.72. The molecule has 0 heterocycles. The Morgan fingerprint density at radius 1 is 1.25 bits per heavy atom. The van der Waals surface area contributed by atoms with Crippen LogP contribution in [0, 0.1) is 5.82 Å². The molecule has 0 radical (unpaired) electrons. The summed E-state index contributed by atoms with van der Waals surface area (Å²) in [5.41, 5.74) is 1.35. The summed E-state index contributed by atoms with van der Waals surface area (Å²) < 4.78 is 13.6. The van der Waals surface area contributed by atoms with Crippen molar-refractivity contribution in [3.63, 3.8) is 0 Å². The van der Waals surface area contributed by atoms with Gasteiger partial charge in [0.1, 0.15) is 5.82 Å². The van der Waals surface area contributed by atoms with Crippen molar-refractivity contribution in [3.05, 3.63) is 69.5 Å². The zero-order chi connectivity index (χ0) is 17.7. The number of nitrogens with one attached hydrogen (secondary N) is 1.